The molecule has 0 bridgehead atoms. The van der Waals surface area contributed by atoms with Gasteiger partial charge >= 0.3 is 0 Å². The molecule has 2 nitrogen and oxygen atoms in total. The Hall–Kier alpha value is -1.03. The van der Waals surface area contributed by atoms with Crippen molar-refractivity contribution in [3.63, 3.8) is 0 Å². The number of hydrogen-bond donors (Lipinski definition) is 1. The van der Waals surface area contributed by atoms with Crippen molar-refractivity contribution < 1.29 is 5.11 Å². The number of aliphatic hydroxyl groups is 1. The van der Waals surface area contributed by atoms with E-state index in [9.17, 15) is 5.11 Å². The molecule has 0 spiro atoms. The topological polar surface area (TPSA) is 33.1 Å². The standard InChI is InChI=1S/C14H14ClNOS/c1-10(17)11-6-7-16-14(8-11)18-9-12-4-2-3-5-13(12)15/h2-8,10,17H,9H2,1H3/t10-/m0/s1. The Bertz CT molecular complexity index is 531. The second-order valence-corrected chi connectivity index (χ2v) is 5.39. The molecule has 0 saturated heterocycles. The van der Waals surface area contributed by atoms with Gasteiger partial charge in [0.25, 0.3) is 0 Å². The van der Waals surface area contributed by atoms with Crippen molar-refractivity contribution in [3.8, 4) is 0 Å². The summed E-state index contributed by atoms with van der Waals surface area (Å²) in [6.45, 7) is 1.75. The van der Waals surface area contributed by atoms with Crippen LogP contribution in [-0.4, -0.2) is 10.1 Å². The molecule has 2 aromatic rings. The van der Waals surface area contributed by atoms with Gasteiger partial charge in [-0.1, -0.05) is 29.8 Å². The number of benzene rings is 1. The highest BCUT2D eigenvalue weighted by atomic mass is 35.5. The first-order valence-corrected chi connectivity index (χ1v) is 7.03. The van der Waals surface area contributed by atoms with Crippen molar-refractivity contribution in [1.82, 2.24) is 4.98 Å². The Labute approximate surface area is 116 Å². The van der Waals surface area contributed by atoms with E-state index in [0.717, 1.165) is 26.9 Å². The molecule has 0 saturated carbocycles. The average molecular weight is 280 g/mol. The zero-order valence-corrected chi connectivity index (χ0v) is 11.6. The lowest BCUT2D eigenvalue weighted by molar-refractivity contribution is 0.199. The van der Waals surface area contributed by atoms with Gasteiger partial charge in [-0.25, -0.2) is 4.98 Å². The summed E-state index contributed by atoms with van der Waals surface area (Å²) < 4.78 is 0. The second-order valence-electron chi connectivity index (χ2n) is 3.98. The van der Waals surface area contributed by atoms with E-state index in [1.807, 2.05) is 36.4 Å². The van der Waals surface area contributed by atoms with E-state index >= 15 is 0 Å². The van der Waals surface area contributed by atoms with E-state index in [1.54, 1.807) is 24.9 Å². The van der Waals surface area contributed by atoms with E-state index in [1.165, 1.54) is 0 Å². The zero-order chi connectivity index (χ0) is 13.0. The molecule has 94 valence electrons. The van der Waals surface area contributed by atoms with Gasteiger partial charge in [0.15, 0.2) is 0 Å². The Kier molecular flexibility index (Phi) is 4.64. The largest absolute Gasteiger partial charge is 0.389 e. The SMILES string of the molecule is C[C@H](O)c1ccnc(SCc2ccccc2Cl)c1. The summed E-state index contributed by atoms with van der Waals surface area (Å²) in [7, 11) is 0. The molecule has 0 aliphatic carbocycles. The van der Waals surface area contributed by atoms with Crippen LogP contribution in [0.3, 0.4) is 0 Å². The molecule has 0 fully saturated rings. The van der Waals surface area contributed by atoms with Crippen molar-refractivity contribution in [3.05, 3.63) is 58.7 Å². The molecule has 2 rings (SSSR count). The Morgan fingerprint density at radius 3 is 2.83 bits per heavy atom. The summed E-state index contributed by atoms with van der Waals surface area (Å²) in [5, 5.41) is 11.2. The van der Waals surface area contributed by atoms with E-state index in [-0.39, 0.29) is 0 Å². The molecule has 1 heterocycles. The number of thioether (sulfide) groups is 1. The summed E-state index contributed by atoms with van der Waals surface area (Å²) in [6.07, 6.45) is 1.25. The quantitative estimate of drug-likeness (QED) is 0.856. The van der Waals surface area contributed by atoms with E-state index in [0.29, 0.717) is 0 Å². The van der Waals surface area contributed by atoms with E-state index < -0.39 is 6.10 Å². The molecule has 1 atom stereocenters. The number of pyridine rings is 1. The monoisotopic (exact) mass is 279 g/mol. The number of aromatic nitrogens is 1. The highest BCUT2D eigenvalue weighted by molar-refractivity contribution is 7.98. The lowest BCUT2D eigenvalue weighted by Gasteiger charge is -2.07. The Morgan fingerprint density at radius 1 is 1.33 bits per heavy atom. The average Bonchev–Trinajstić information content (AvgIpc) is 2.38. The van der Waals surface area contributed by atoms with E-state index in [4.69, 9.17) is 11.6 Å². The van der Waals surface area contributed by atoms with Crippen molar-refractivity contribution in [2.75, 3.05) is 0 Å². The first-order valence-electron chi connectivity index (χ1n) is 5.67. The van der Waals surface area contributed by atoms with Crippen LogP contribution in [0.25, 0.3) is 0 Å². The Balaban J connectivity index is 2.07. The first kappa shape index (κ1) is 13.4. The van der Waals surface area contributed by atoms with Gasteiger partial charge in [0.1, 0.15) is 0 Å². The number of aliphatic hydroxyl groups excluding tert-OH is 1. The molecule has 1 aromatic carbocycles. The third kappa shape index (κ3) is 3.48. The molecule has 0 radical (unpaired) electrons. The van der Waals surface area contributed by atoms with Gasteiger partial charge in [-0.05, 0) is 36.2 Å². The number of hydrogen-bond acceptors (Lipinski definition) is 3. The lowest BCUT2D eigenvalue weighted by Crippen LogP contribution is -1.92. The predicted octanol–water partition coefficient (Wildman–Crippen LogP) is 4.08. The third-order valence-corrected chi connectivity index (χ3v) is 3.92. The van der Waals surface area contributed by atoms with Crippen LogP contribution in [-0.2, 0) is 5.75 Å². The summed E-state index contributed by atoms with van der Waals surface area (Å²) in [5.41, 5.74) is 1.97. The zero-order valence-electron chi connectivity index (χ0n) is 10.0. The summed E-state index contributed by atoms with van der Waals surface area (Å²) >= 11 is 7.71. The molecule has 0 aliphatic heterocycles. The minimum absolute atomic E-state index is 0.465. The molecule has 0 amide bonds. The van der Waals surface area contributed by atoms with Gasteiger partial charge in [-0.15, -0.1) is 11.8 Å². The molecular formula is C14H14ClNOS. The number of rotatable bonds is 4. The number of halogens is 1. The molecule has 0 unspecified atom stereocenters. The van der Waals surface area contributed by atoms with Gasteiger partial charge in [-0.3, -0.25) is 0 Å². The van der Waals surface area contributed by atoms with Crippen molar-refractivity contribution in [2.45, 2.75) is 23.8 Å². The fraction of sp³-hybridized carbons (Fsp3) is 0.214. The van der Waals surface area contributed by atoms with Gasteiger partial charge in [0.05, 0.1) is 11.1 Å². The maximum Gasteiger partial charge on any atom is 0.0966 e. The van der Waals surface area contributed by atoms with Crippen LogP contribution in [0.5, 0.6) is 0 Å². The first-order chi connectivity index (χ1) is 8.66. The molecular weight excluding hydrogens is 266 g/mol. The third-order valence-electron chi connectivity index (χ3n) is 2.57. The minimum Gasteiger partial charge on any atom is -0.389 e. The maximum absolute atomic E-state index is 9.52. The number of nitrogens with zero attached hydrogens (tertiary/aromatic N) is 1. The normalized spacial score (nSPS) is 12.4. The van der Waals surface area contributed by atoms with Crippen molar-refractivity contribution in [1.29, 1.82) is 0 Å². The van der Waals surface area contributed by atoms with Gasteiger partial charge in [0.2, 0.25) is 0 Å². The highest BCUT2D eigenvalue weighted by Gasteiger charge is 2.05. The summed E-state index contributed by atoms with van der Waals surface area (Å²) in [4.78, 5) is 4.28. The van der Waals surface area contributed by atoms with Crippen molar-refractivity contribution >= 4 is 23.4 Å². The van der Waals surface area contributed by atoms with Crippen LogP contribution >= 0.6 is 23.4 Å². The predicted molar refractivity (Wildman–Crippen MR) is 75.9 cm³/mol. The minimum atomic E-state index is -0.465. The highest BCUT2D eigenvalue weighted by Crippen LogP contribution is 2.26. The van der Waals surface area contributed by atoms with Gasteiger partial charge < -0.3 is 5.11 Å². The summed E-state index contributed by atoms with van der Waals surface area (Å²) in [5.74, 6) is 0.774. The fourth-order valence-electron chi connectivity index (χ4n) is 1.53. The molecule has 4 heteroatoms. The van der Waals surface area contributed by atoms with Gasteiger partial charge in [0, 0.05) is 17.0 Å². The fourth-order valence-corrected chi connectivity index (χ4v) is 2.72. The molecule has 1 aromatic heterocycles. The van der Waals surface area contributed by atoms with Crippen LogP contribution < -0.4 is 0 Å². The van der Waals surface area contributed by atoms with Crippen LogP contribution in [0.4, 0.5) is 0 Å². The van der Waals surface area contributed by atoms with Crippen LogP contribution in [0, 0.1) is 0 Å². The van der Waals surface area contributed by atoms with Crippen LogP contribution in [0.15, 0.2) is 47.6 Å². The van der Waals surface area contributed by atoms with E-state index in [2.05, 4.69) is 4.98 Å². The molecule has 18 heavy (non-hydrogen) atoms. The Morgan fingerprint density at radius 2 is 2.11 bits per heavy atom. The molecule has 1 N–H and O–H groups in total. The molecule has 0 aliphatic rings. The van der Waals surface area contributed by atoms with Crippen LogP contribution in [0.2, 0.25) is 5.02 Å². The maximum atomic E-state index is 9.52. The summed E-state index contributed by atoms with van der Waals surface area (Å²) in [6, 6.07) is 11.5. The van der Waals surface area contributed by atoms with Crippen molar-refractivity contribution in [2.24, 2.45) is 0 Å². The smallest absolute Gasteiger partial charge is 0.0966 e. The van der Waals surface area contributed by atoms with Gasteiger partial charge in [-0.2, -0.15) is 0 Å². The second kappa shape index (κ2) is 6.23. The lowest BCUT2D eigenvalue weighted by atomic mass is 10.2. The van der Waals surface area contributed by atoms with Crippen LogP contribution in [0.1, 0.15) is 24.2 Å².